The summed E-state index contributed by atoms with van der Waals surface area (Å²) in [7, 11) is 0. The van der Waals surface area contributed by atoms with E-state index in [0.29, 0.717) is 5.69 Å². The van der Waals surface area contributed by atoms with Crippen molar-refractivity contribution in [3.8, 4) is 0 Å². The zero-order valence-electron chi connectivity index (χ0n) is 10.4. The van der Waals surface area contributed by atoms with Crippen LogP contribution < -0.4 is 0 Å². The van der Waals surface area contributed by atoms with Gasteiger partial charge in [-0.3, -0.25) is 15.1 Å². The summed E-state index contributed by atoms with van der Waals surface area (Å²) >= 11 is 3.35. The lowest BCUT2D eigenvalue weighted by Gasteiger charge is -1.96. The molecule has 0 aliphatic rings. The molecule has 3 rings (SSSR count). The van der Waals surface area contributed by atoms with Gasteiger partial charge in [-0.15, -0.1) is 0 Å². The van der Waals surface area contributed by atoms with Crippen LogP contribution in [0.1, 0.15) is 5.56 Å². The van der Waals surface area contributed by atoms with E-state index in [-0.39, 0.29) is 16.7 Å². The molecule has 21 heavy (non-hydrogen) atoms. The molecule has 1 aromatic heterocycles. The molecule has 0 N–H and O–H groups in total. The van der Waals surface area contributed by atoms with Crippen LogP contribution in [0.25, 0.3) is 11.0 Å². The first-order chi connectivity index (χ1) is 10.1. The molecule has 0 bridgehead atoms. The van der Waals surface area contributed by atoms with Crippen molar-refractivity contribution in [2.24, 2.45) is 4.99 Å². The fourth-order valence-electron chi connectivity index (χ4n) is 1.78. The van der Waals surface area contributed by atoms with Crippen molar-refractivity contribution in [3.05, 3.63) is 56.5 Å². The highest BCUT2D eigenvalue weighted by Gasteiger charge is 2.18. The van der Waals surface area contributed by atoms with Crippen molar-refractivity contribution in [1.82, 2.24) is 10.3 Å². The van der Waals surface area contributed by atoms with Gasteiger partial charge in [0.1, 0.15) is 0 Å². The summed E-state index contributed by atoms with van der Waals surface area (Å²) in [6.07, 6.45) is 1.64. The minimum absolute atomic E-state index is 0.0884. The van der Waals surface area contributed by atoms with Crippen LogP contribution >= 0.6 is 15.9 Å². The molecule has 0 saturated carbocycles. The van der Waals surface area contributed by atoms with Crippen molar-refractivity contribution in [2.75, 3.05) is 0 Å². The predicted molar refractivity (Wildman–Crippen MR) is 79.9 cm³/mol. The first-order valence-electron chi connectivity index (χ1n) is 5.84. The molecule has 0 atom stereocenters. The van der Waals surface area contributed by atoms with Gasteiger partial charge in [0.15, 0.2) is 5.52 Å². The number of halogens is 1. The van der Waals surface area contributed by atoms with Crippen LogP contribution in [0.3, 0.4) is 0 Å². The number of hydrogen-bond acceptors (Lipinski definition) is 6. The average molecular weight is 347 g/mol. The van der Waals surface area contributed by atoms with Gasteiger partial charge in [-0.1, -0.05) is 28.1 Å². The maximum Gasteiger partial charge on any atom is 0.300 e. The van der Waals surface area contributed by atoms with Crippen LogP contribution in [-0.4, -0.2) is 21.5 Å². The van der Waals surface area contributed by atoms with Gasteiger partial charge in [0.25, 0.3) is 0 Å². The summed E-state index contributed by atoms with van der Waals surface area (Å²) in [6, 6.07) is 10.4. The van der Waals surface area contributed by atoms with E-state index in [1.54, 1.807) is 6.21 Å². The lowest BCUT2D eigenvalue weighted by molar-refractivity contribution is -0.383. The Bertz CT molecular complexity index is 842. The Morgan fingerprint density at radius 3 is 2.57 bits per heavy atom. The molecule has 7 nitrogen and oxygen atoms in total. The van der Waals surface area contributed by atoms with E-state index in [2.05, 4.69) is 35.9 Å². The zero-order chi connectivity index (χ0) is 14.8. The van der Waals surface area contributed by atoms with Crippen LogP contribution in [0, 0.1) is 10.1 Å². The molecule has 2 aromatic carbocycles. The second-order valence-electron chi connectivity index (χ2n) is 4.13. The highest BCUT2D eigenvalue weighted by atomic mass is 79.9. The van der Waals surface area contributed by atoms with E-state index in [9.17, 15) is 10.1 Å². The van der Waals surface area contributed by atoms with E-state index < -0.39 is 4.92 Å². The smallest absolute Gasteiger partial charge is 0.258 e. The van der Waals surface area contributed by atoms with Crippen LogP contribution in [0.4, 0.5) is 11.4 Å². The summed E-state index contributed by atoms with van der Waals surface area (Å²) in [6.45, 7) is 0. The Kier molecular flexibility index (Phi) is 3.44. The molecular formula is C13H7BrN4O3. The Balaban J connectivity index is 2.01. The van der Waals surface area contributed by atoms with Crippen LogP contribution in [0.2, 0.25) is 0 Å². The molecule has 104 valence electrons. The van der Waals surface area contributed by atoms with Gasteiger partial charge in [-0.05, 0) is 34.1 Å². The fraction of sp³-hybridized carbons (Fsp3) is 0. The van der Waals surface area contributed by atoms with Crippen LogP contribution in [0.15, 0.2) is 50.5 Å². The lowest BCUT2D eigenvalue weighted by atomic mass is 10.2. The van der Waals surface area contributed by atoms with Gasteiger partial charge in [0, 0.05) is 16.8 Å². The topological polar surface area (TPSA) is 94.4 Å². The number of hydrogen-bond donors (Lipinski definition) is 0. The van der Waals surface area contributed by atoms with E-state index in [1.165, 1.54) is 12.1 Å². The molecule has 0 aliphatic carbocycles. The number of benzene rings is 2. The Labute approximate surface area is 126 Å². The Morgan fingerprint density at radius 2 is 1.86 bits per heavy atom. The van der Waals surface area contributed by atoms with Crippen LogP contribution in [0.5, 0.6) is 0 Å². The molecule has 1 heterocycles. The van der Waals surface area contributed by atoms with Gasteiger partial charge in [0.05, 0.1) is 10.6 Å². The molecule has 0 unspecified atom stereocenters. The van der Waals surface area contributed by atoms with Crippen molar-refractivity contribution in [1.29, 1.82) is 0 Å². The number of nitro benzene ring substituents is 1. The molecule has 0 fully saturated rings. The highest BCUT2D eigenvalue weighted by molar-refractivity contribution is 9.10. The number of nitro groups is 1. The molecular weight excluding hydrogens is 340 g/mol. The lowest BCUT2D eigenvalue weighted by Crippen LogP contribution is -1.89. The minimum atomic E-state index is -0.533. The second-order valence-corrected chi connectivity index (χ2v) is 5.05. The van der Waals surface area contributed by atoms with Gasteiger partial charge in [-0.25, -0.2) is 4.63 Å². The Morgan fingerprint density at radius 1 is 1.14 bits per heavy atom. The number of aromatic nitrogens is 2. The van der Waals surface area contributed by atoms with Crippen LogP contribution in [-0.2, 0) is 0 Å². The molecule has 3 aromatic rings. The summed E-state index contributed by atoms with van der Waals surface area (Å²) in [5.41, 5.74) is 1.54. The standard InChI is InChI=1S/C13H7BrN4O3/c14-9-3-1-8(2-4-9)7-15-10-5-6-11(18(19)20)13-12(10)16-21-17-13/h1-7H. The third-order valence-corrected chi connectivity index (χ3v) is 3.32. The number of fused-ring (bicyclic) bond motifs is 1. The summed E-state index contributed by atoms with van der Waals surface area (Å²) < 4.78 is 5.55. The summed E-state index contributed by atoms with van der Waals surface area (Å²) in [4.78, 5) is 14.6. The van der Waals surface area contributed by atoms with Gasteiger partial charge < -0.3 is 0 Å². The number of non-ortho nitro benzene ring substituents is 1. The normalized spacial score (nSPS) is 11.3. The summed E-state index contributed by atoms with van der Waals surface area (Å²) in [5, 5.41) is 18.1. The number of rotatable bonds is 3. The third kappa shape index (κ3) is 2.65. The fourth-order valence-corrected chi connectivity index (χ4v) is 2.05. The minimum Gasteiger partial charge on any atom is -0.258 e. The van der Waals surface area contributed by atoms with E-state index in [1.807, 2.05) is 24.3 Å². The molecule has 0 amide bonds. The molecule has 0 saturated heterocycles. The number of nitrogens with zero attached hydrogens (tertiary/aromatic N) is 4. The molecule has 0 spiro atoms. The monoisotopic (exact) mass is 346 g/mol. The quantitative estimate of drug-likeness (QED) is 0.409. The van der Waals surface area contributed by atoms with Crippen molar-refractivity contribution in [3.63, 3.8) is 0 Å². The van der Waals surface area contributed by atoms with Gasteiger partial charge in [0.2, 0.25) is 5.52 Å². The zero-order valence-corrected chi connectivity index (χ0v) is 12.0. The SMILES string of the molecule is O=[N+]([O-])c1ccc(N=Cc2ccc(Br)cc2)c2nonc12. The molecule has 0 radical (unpaired) electrons. The first-order valence-corrected chi connectivity index (χ1v) is 6.64. The average Bonchev–Trinajstić information content (AvgIpc) is 2.95. The molecule has 8 heteroatoms. The highest BCUT2D eigenvalue weighted by Crippen LogP contribution is 2.30. The van der Waals surface area contributed by atoms with E-state index in [0.717, 1.165) is 10.0 Å². The van der Waals surface area contributed by atoms with Crippen molar-refractivity contribution >= 4 is 44.6 Å². The van der Waals surface area contributed by atoms with Gasteiger partial charge in [-0.2, -0.15) is 0 Å². The van der Waals surface area contributed by atoms with E-state index >= 15 is 0 Å². The van der Waals surface area contributed by atoms with E-state index in [4.69, 9.17) is 0 Å². The molecule has 0 aliphatic heterocycles. The third-order valence-electron chi connectivity index (χ3n) is 2.79. The van der Waals surface area contributed by atoms with Gasteiger partial charge >= 0.3 is 5.69 Å². The number of aliphatic imine (C=N–C) groups is 1. The largest absolute Gasteiger partial charge is 0.300 e. The maximum absolute atomic E-state index is 10.9. The first kappa shape index (κ1) is 13.4. The summed E-state index contributed by atoms with van der Waals surface area (Å²) in [5.74, 6) is 0. The predicted octanol–water partition coefficient (Wildman–Crippen LogP) is 3.64. The van der Waals surface area contributed by atoms with Crippen molar-refractivity contribution in [2.45, 2.75) is 0 Å². The Hall–Kier alpha value is -2.61. The second kappa shape index (κ2) is 5.41. The van der Waals surface area contributed by atoms with Crippen molar-refractivity contribution < 1.29 is 9.55 Å². The maximum atomic E-state index is 10.9.